The van der Waals surface area contributed by atoms with Gasteiger partial charge in [0, 0.05) is 38.3 Å². The molecule has 0 saturated carbocycles. The molecule has 0 amide bonds. The van der Waals surface area contributed by atoms with Gasteiger partial charge in [0.15, 0.2) is 4.34 Å². The molecule has 0 aliphatic heterocycles. The number of rotatable bonds is 5. The Balaban J connectivity index is 2.10. The summed E-state index contributed by atoms with van der Waals surface area (Å²) in [6, 6.07) is 3.97. The number of pyridine rings is 1. The fourth-order valence-corrected chi connectivity index (χ4v) is 3.37. The quantitative estimate of drug-likeness (QED) is 0.843. The fourth-order valence-electron chi connectivity index (χ4n) is 1.38. The molecule has 96 valence electrons. The van der Waals surface area contributed by atoms with Gasteiger partial charge in [0.2, 0.25) is 5.13 Å². The molecule has 0 bridgehead atoms. The van der Waals surface area contributed by atoms with Crippen molar-refractivity contribution in [3.63, 3.8) is 0 Å². The lowest BCUT2D eigenvalue weighted by atomic mass is 10.2. The molecule has 2 N–H and O–H groups in total. The summed E-state index contributed by atoms with van der Waals surface area (Å²) >= 11 is 3.22. The number of nitrogens with two attached hydrogens (primary N) is 1. The van der Waals surface area contributed by atoms with E-state index < -0.39 is 0 Å². The van der Waals surface area contributed by atoms with E-state index in [9.17, 15) is 0 Å². The largest absolute Gasteiger partial charge is 0.353 e. The molecule has 1 unspecified atom stereocenters. The molecule has 5 nitrogen and oxygen atoms in total. The van der Waals surface area contributed by atoms with Gasteiger partial charge in [-0.1, -0.05) is 23.1 Å². The standard InChI is InChI=1S/C11H15N5S2/c1-16(2)10-14-15-11(18-10)17-9(7-12)8-3-5-13-6-4-8/h3-6,9H,7,12H2,1-2H3. The van der Waals surface area contributed by atoms with Crippen molar-refractivity contribution in [2.45, 2.75) is 9.59 Å². The van der Waals surface area contributed by atoms with Crippen LogP contribution in [0.25, 0.3) is 0 Å². The second-order valence-corrected chi connectivity index (χ2v) is 6.27. The smallest absolute Gasteiger partial charge is 0.208 e. The zero-order valence-corrected chi connectivity index (χ0v) is 11.9. The first-order chi connectivity index (χ1) is 8.70. The van der Waals surface area contributed by atoms with Crippen molar-refractivity contribution in [2.75, 3.05) is 25.5 Å². The molecule has 0 aliphatic carbocycles. The van der Waals surface area contributed by atoms with Gasteiger partial charge in [-0.05, 0) is 17.7 Å². The lowest BCUT2D eigenvalue weighted by molar-refractivity contribution is 0.924. The van der Waals surface area contributed by atoms with E-state index in [-0.39, 0.29) is 5.25 Å². The third kappa shape index (κ3) is 3.18. The maximum Gasteiger partial charge on any atom is 0.208 e. The molecule has 1 atom stereocenters. The van der Waals surface area contributed by atoms with Crippen LogP contribution in [0.1, 0.15) is 10.8 Å². The highest BCUT2D eigenvalue weighted by atomic mass is 32.2. The summed E-state index contributed by atoms with van der Waals surface area (Å²) in [6.07, 6.45) is 3.56. The summed E-state index contributed by atoms with van der Waals surface area (Å²) in [4.78, 5) is 5.96. The maximum absolute atomic E-state index is 5.82. The first kappa shape index (κ1) is 13.3. The Hall–Kier alpha value is -1.18. The molecule has 0 spiro atoms. The van der Waals surface area contributed by atoms with Gasteiger partial charge >= 0.3 is 0 Å². The van der Waals surface area contributed by atoms with Crippen molar-refractivity contribution in [2.24, 2.45) is 5.73 Å². The van der Waals surface area contributed by atoms with Crippen molar-refractivity contribution < 1.29 is 0 Å². The van der Waals surface area contributed by atoms with Crippen molar-refractivity contribution in [3.8, 4) is 0 Å². The van der Waals surface area contributed by atoms with Gasteiger partial charge in [-0.25, -0.2) is 0 Å². The van der Waals surface area contributed by atoms with Crippen molar-refractivity contribution >= 4 is 28.2 Å². The van der Waals surface area contributed by atoms with Crippen molar-refractivity contribution in [3.05, 3.63) is 30.1 Å². The summed E-state index contributed by atoms with van der Waals surface area (Å²) in [5.74, 6) is 0. The van der Waals surface area contributed by atoms with Crippen LogP contribution in [0.15, 0.2) is 28.9 Å². The Kier molecular flexibility index (Phi) is 4.51. The Morgan fingerprint density at radius 2 is 2.06 bits per heavy atom. The summed E-state index contributed by atoms with van der Waals surface area (Å²) < 4.78 is 0.936. The molecule has 18 heavy (non-hydrogen) atoms. The summed E-state index contributed by atoms with van der Waals surface area (Å²) in [6.45, 7) is 0.561. The first-order valence-electron chi connectivity index (χ1n) is 5.48. The van der Waals surface area contributed by atoms with Gasteiger partial charge in [0.05, 0.1) is 0 Å². The molecular weight excluding hydrogens is 266 g/mol. The van der Waals surface area contributed by atoms with Crippen LogP contribution in [0.2, 0.25) is 0 Å². The predicted octanol–water partition coefficient (Wildman–Crippen LogP) is 1.79. The van der Waals surface area contributed by atoms with Crippen LogP contribution < -0.4 is 10.6 Å². The number of thioether (sulfide) groups is 1. The molecule has 0 radical (unpaired) electrons. The second-order valence-electron chi connectivity index (χ2n) is 3.87. The Bertz CT molecular complexity index is 485. The maximum atomic E-state index is 5.82. The van der Waals surface area contributed by atoms with Crippen LogP contribution in [0.3, 0.4) is 0 Å². The summed E-state index contributed by atoms with van der Waals surface area (Å²) in [7, 11) is 3.91. The predicted molar refractivity (Wildman–Crippen MR) is 76.1 cm³/mol. The SMILES string of the molecule is CN(C)c1nnc(SC(CN)c2ccncc2)s1. The average molecular weight is 281 g/mol. The third-order valence-electron chi connectivity index (χ3n) is 2.31. The average Bonchev–Trinajstić information content (AvgIpc) is 2.86. The van der Waals surface area contributed by atoms with Gasteiger partial charge < -0.3 is 10.6 Å². The number of hydrogen-bond acceptors (Lipinski definition) is 7. The minimum absolute atomic E-state index is 0.191. The van der Waals surface area contributed by atoms with Gasteiger partial charge in [-0.3, -0.25) is 4.98 Å². The van der Waals surface area contributed by atoms with Crippen molar-refractivity contribution in [1.82, 2.24) is 15.2 Å². The Labute approximate surface area is 114 Å². The highest BCUT2D eigenvalue weighted by molar-refractivity contribution is 8.01. The molecule has 2 aromatic heterocycles. The first-order valence-corrected chi connectivity index (χ1v) is 7.18. The topological polar surface area (TPSA) is 67.9 Å². The van der Waals surface area contributed by atoms with E-state index in [1.54, 1.807) is 35.5 Å². The fraction of sp³-hybridized carbons (Fsp3) is 0.364. The van der Waals surface area contributed by atoms with E-state index in [0.717, 1.165) is 9.47 Å². The lowest BCUT2D eigenvalue weighted by Crippen LogP contribution is -2.09. The second kappa shape index (κ2) is 6.12. The zero-order chi connectivity index (χ0) is 13.0. The summed E-state index contributed by atoms with van der Waals surface area (Å²) in [5, 5.41) is 9.38. The zero-order valence-electron chi connectivity index (χ0n) is 10.3. The van der Waals surface area contributed by atoms with Crippen LogP contribution in [-0.4, -0.2) is 35.8 Å². The van der Waals surface area contributed by atoms with Gasteiger partial charge in [-0.15, -0.1) is 10.2 Å². The minimum Gasteiger partial charge on any atom is -0.353 e. The van der Waals surface area contributed by atoms with E-state index in [1.807, 2.05) is 31.1 Å². The van der Waals surface area contributed by atoms with E-state index in [0.29, 0.717) is 6.54 Å². The van der Waals surface area contributed by atoms with Crippen LogP contribution in [-0.2, 0) is 0 Å². The molecule has 0 fully saturated rings. The third-order valence-corrected chi connectivity index (χ3v) is 4.77. The number of anilines is 1. The molecular formula is C11H15N5S2. The molecule has 2 aromatic rings. The monoisotopic (exact) mass is 281 g/mol. The molecule has 0 aromatic carbocycles. The van der Waals surface area contributed by atoms with Crippen LogP contribution in [0, 0.1) is 0 Å². The van der Waals surface area contributed by atoms with E-state index in [1.165, 1.54) is 5.56 Å². The van der Waals surface area contributed by atoms with Gasteiger partial charge in [0.25, 0.3) is 0 Å². The molecule has 2 rings (SSSR count). The minimum atomic E-state index is 0.191. The number of hydrogen-bond donors (Lipinski definition) is 1. The molecule has 0 aliphatic rings. The number of nitrogens with zero attached hydrogens (tertiary/aromatic N) is 4. The Morgan fingerprint density at radius 3 is 2.61 bits per heavy atom. The highest BCUT2D eigenvalue weighted by Gasteiger charge is 2.15. The lowest BCUT2D eigenvalue weighted by Gasteiger charge is -2.12. The summed E-state index contributed by atoms with van der Waals surface area (Å²) in [5.41, 5.74) is 6.99. The van der Waals surface area contributed by atoms with Gasteiger partial charge in [0.1, 0.15) is 0 Å². The normalized spacial score (nSPS) is 12.4. The Morgan fingerprint density at radius 1 is 1.33 bits per heavy atom. The van der Waals surface area contributed by atoms with Crippen LogP contribution >= 0.6 is 23.1 Å². The van der Waals surface area contributed by atoms with Gasteiger partial charge in [-0.2, -0.15) is 0 Å². The molecule has 2 heterocycles. The van der Waals surface area contributed by atoms with E-state index in [2.05, 4.69) is 15.2 Å². The van der Waals surface area contributed by atoms with E-state index >= 15 is 0 Å². The van der Waals surface area contributed by atoms with E-state index in [4.69, 9.17) is 5.73 Å². The number of aromatic nitrogens is 3. The van der Waals surface area contributed by atoms with Crippen LogP contribution in [0.5, 0.6) is 0 Å². The highest BCUT2D eigenvalue weighted by Crippen LogP contribution is 2.37. The molecule has 7 heteroatoms. The van der Waals surface area contributed by atoms with Crippen LogP contribution in [0.4, 0.5) is 5.13 Å². The van der Waals surface area contributed by atoms with Crippen molar-refractivity contribution in [1.29, 1.82) is 0 Å². The molecule has 0 saturated heterocycles.